The smallest absolute Gasteiger partial charge is 0.337 e. The molecule has 0 aliphatic carbocycles. The molecule has 0 spiro atoms. The number of carbonyl (C=O) groups is 2. The molecule has 7 nitrogen and oxygen atoms in total. The molecule has 0 bridgehead atoms. The summed E-state index contributed by atoms with van der Waals surface area (Å²) >= 11 is 0. The Morgan fingerprint density at radius 3 is 2.73 bits per heavy atom. The average Bonchev–Trinajstić information content (AvgIpc) is 2.66. The monoisotopic (exact) mass is 363 g/mol. The molecule has 26 heavy (non-hydrogen) atoms. The predicted octanol–water partition coefficient (Wildman–Crippen LogP) is 1.94. The van der Waals surface area contributed by atoms with Crippen molar-refractivity contribution in [2.75, 3.05) is 27.4 Å². The van der Waals surface area contributed by atoms with Gasteiger partial charge in [-0.05, 0) is 43.5 Å². The fraction of sp³-hybridized carbons (Fsp3) is 0.474. The maximum atomic E-state index is 12.2. The first-order valence-corrected chi connectivity index (χ1v) is 8.57. The molecule has 1 heterocycles. The molecule has 2 atom stereocenters. The fourth-order valence-corrected chi connectivity index (χ4v) is 2.74. The van der Waals surface area contributed by atoms with Crippen molar-refractivity contribution in [3.63, 3.8) is 0 Å². The van der Waals surface area contributed by atoms with Gasteiger partial charge in [0.15, 0.2) is 17.6 Å². The maximum absolute atomic E-state index is 12.2. The van der Waals surface area contributed by atoms with Gasteiger partial charge in [-0.25, -0.2) is 4.79 Å². The lowest BCUT2D eigenvalue weighted by molar-refractivity contribution is -0.162. The first-order valence-electron chi connectivity index (χ1n) is 8.57. The van der Waals surface area contributed by atoms with Gasteiger partial charge >= 0.3 is 5.97 Å². The molecule has 0 saturated carbocycles. The molecule has 1 fully saturated rings. The topological polar surface area (TPSA) is 83.1 Å². The van der Waals surface area contributed by atoms with E-state index in [-0.39, 0.29) is 12.5 Å². The SMILES string of the molecule is CCOC(=O)C1OCCCC1NC(=O)C=Cc1ccc(OC)c(OC)c1. The zero-order valence-corrected chi connectivity index (χ0v) is 15.3. The molecule has 2 unspecified atom stereocenters. The number of benzene rings is 1. The minimum Gasteiger partial charge on any atom is -0.493 e. The van der Waals surface area contributed by atoms with E-state index in [4.69, 9.17) is 18.9 Å². The molecule has 7 heteroatoms. The van der Waals surface area contributed by atoms with Crippen molar-refractivity contribution < 1.29 is 28.5 Å². The lowest BCUT2D eigenvalue weighted by Gasteiger charge is -2.30. The third-order valence-electron chi connectivity index (χ3n) is 4.00. The van der Waals surface area contributed by atoms with Crippen molar-refractivity contribution in [3.8, 4) is 11.5 Å². The summed E-state index contributed by atoms with van der Waals surface area (Å²) in [6.45, 7) is 2.50. The zero-order chi connectivity index (χ0) is 18.9. The first-order chi connectivity index (χ1) is 12.6. The molecular weight excluding hydrogens is 338 g/mol. The van der Waals surface area contributed by atoms with Gasteiger partial charge < -0.3 is 24.3 Å². The summed E-state index contributed by atoms with van der Waals surface area (Å²) in [7, 11) is 3.11. The van der Waals surface area contributed by atoms with Crippen molar-refractivity contribution in [2.24, 2.45) is 0 Å². The summed E-state index contributed by atoms with van der Waals surface area (Å²) in [5.74, 6) is 0.454. The number of hydrogen-bond acceptors (Lipinski definition) is 6. The van der Waals surface area contributed by atoms with Gasteiger partial charge in [-0.2, -0.15) is 0 Å². The molecular formula is C19H25NO6. The molecule has 0 aromatic heterocycles. The standard InChI is InChI=1S/C19H25NO6/c1-4-25-19(22)18-14(6-5-11-26-18)20-17(21)10-8-13-7-9-15(23-2)16(12-13)24-3/h7-10,12,14,18H,4-6,11H2,1-3H3,(H,20,21). The quantitative estimate of drug-likeness (QED) is 0.589. The van der Waals surface area contributed by atoms with Gasteiger partial charge in [0.2, 0.25) is 5.91 Å². The van der Waals surface area contributed by atoms with Crippen molar-refractivity contribution in [3.05, 3.63) is 29.8 Å². The number of nitrogens with one attached hydrogen (secondary N) is 1. The molecule has 1 aromatic rings. The third-order valence-corrected chi connectivity index (χ3v) is 4.00. The van der Waals surface area contributed by atoms with E-state index in [1.807, 2.05) is 6.07 Å². The van der Waals surface area contributed by atoms with E-state index >= 15 is 0 Å². The number of methoxy groups -OCH3 is 2. The molecule has 1 saturated heterocycles. The average molecular weight is 363 g/mol. The molecule has 142 valence electrons. The minimum atomic E-state index is -0.762. The van der Waals surface area contributed by atoms with Crippen molar-refractivity contribution in [1.82, 2.24) is 5.32 Å². The maximum Gasteiger partial charge on any atom is 0.337 e. The summed E-state index contributed by atoms with van der Waals surface area (Å²) in [6.07, 6.45) is 3.76. The number of esters is 1. The van der Waals surface area contributed by atoms with E-state index < -0.39 is 18.1 Å². The van der Waals surface area contributed by atoms with E-state index in [2.05, 4.69) is 5.32 Å². The third kappa shape index (κ3) is 5.23. The Kier molecular flexibility index (Phi) is 7.47. The second kappa shape index (κ2) is 9.82. The largest absolute Gasteiger partial charge is 0.493 e. The van der Waals surface area contributed by atoms with Crippen LogP contribution in [0.15, 0.2) is 24.3 Å². The second-order valence-electron chi connectivity index (χ2n) is 5.75. The van der Waals surface area contributed by atoms with Gasteiger partial charge in [0.1, 0.15) is 0 Å². The van der Waals surface area contributed by atoms with Gasteiger partial charge in [-0.3, -0.25) is 4.79 Å². The Bertz CT molecular complexity index is 657. The molecule has 0 radical (unpaired) electrons. The van der Waals surface area contributed by atoms with Crippen LogP contribution in [-0.2, 0) is 19.1 Å². The van der Waals surface area contributed by atoms with Crippen molar-refractivity contribution >= 4 is 18.0 Å². The summed E-state index contributed by atoms with van der Waals surface area (Å²) in [5.41, 5.74) is 0.791. The Morgan fingerprint density at radius 1 is 1.27 bits per heavy atom. The van der Waals surface area contributed by atoms with Gasteiger partial charge in [-0.15, -0.1) is 0 Å². The van der Waals surface area contributed by atoms with Crippen LogP contribution in [0.1, 0.15) is 25.3 Å². The first kappa shape index (κ1) is 19.8. The number of hydrogen-bond donors (Lipinski definition) is 1. The number of ether oxygens (including phenoxy) is 4. The van der Waals surface area contributed by atoms with Gasteiger partial charge in [0.05, 0.1) is 26.9 Å². The van der Waals surface area contributed by atoms with Crippen LogP contribution in [-0.4, -0.2) is 51.5 Å². The fourth-order valence-electron chi connectivity index (χ4n) is 2.74. The van der Waals surface area contributed by atoms with Gasteiger partial charge in [0.25, 0.3) is 0 Å². The molecule has 1 amide bonds. The number of carbonyl (C=O) groups excluding carboxylic acids is 2. The molecule has 1 N–H and O–H groups in total. The molecule has 2 rings (SSSR count). The molecule has 1 aromatic carbocycles. The highest BCUT2D eigenvalue weighted by molar-refractivity contribution is 5.92. The molecule has 1 aliphatic rings. The van der Waals surface area contributed by atoms with Gasteiger partial charge in [0, 0.05) is 12.7 Å². The number of rotatable bonds is 7. The Balaban J connectivity index is 2.00. The summed E-state index contributed by atoms with van der Waals surface area (Å²) in [5, 5.41) is 2.82. The minimum absolute atomic E-state index is 0.276. The highest BCUT2D eigenvalue weighted by atomic mass is 16.6. The summed E-state index contributed by atoms with van der Waals surface area (Å²) < 4.78 is 20.9. The highest BCUT2D eigenvalue weighted by Crippen LogP contribution is 2.28. The van der Waals surface area contributed by atoms with E-state index in [0.717, 1.165) is 12.0 Å². The van der Waals surface area contributed by atoms with E-state index in [0.29, 0.717) is 24.5 Å². The van der Waals surface area contributed by atoms with E-state index in [1.54, 1.807) is 39.4 Å². The highest BCUT2D eigenvalue weighted by Gasteiger charge is 2.33. The van der Waals surface area contributed by atoms with E-state index in [1.165, 1.54) is 6.08 Å². The lowest BCUT2D eigenvalue weighted by atomic mass is 10.0. The second-order valence-corrected chi connectivity index (χ2v) is 5.75. The number of amides is 1. The zero-order valence-electron chi connectivity index (χ0n) is 15.3. The van der Waals surface area contributed by atoms with Crippen LogP contribution in [0.4, 0.5) is 0 Å². The van der Waals surface area contributed by atoms with Crippen LogP contribution in [0, 0.1) is 0 Å². The Labute approximate surface area is 153 Å². The summed E-state index contributed by atoms with van der Waals surface area (Å²) in [4.78, 5) is 24.2. The van der Waals surface area contributed by atoms with Crippen LogP contribution in [0.5, 0.6) is 11.5 Å². The Hall–Kier alpha value is -2.54. The predicted molar refractivity (Wildman–Crippen MR) is 96.1 cm³/mol. The van der Waals surface area contributed by atoms with Crippen LogP contribution in [0.3, 0.4) is 0 Å². The van der Waals surface area contributed by atoms with Crippen LogP contribution in [0.25, 0.3) is 6.08 Å². The normalized spacial score (nSPS) is 19.8. The van der Waals surface area contributed by atoms with Crippen molar-refractivity contribution in [2.45, 2.75) is 31.9 Å². The van der Waals surface area contributed by atoms with E-state index in [9.17, 15) is 9.59 Å². The lowest BCUT2D eigenvalue weighted by Crippen LogP contribution is -2.51. The van der Waals surface area contributed by atoms with Crippen LogP contribution >= 0.6 is 0 Å². The van der Waals surface area contributed by atoms with Crippen molar-refractivity contribution in [1.29, 1.82) is 0 Å². The molecule has 1 aliphatic heterocycles. The summed E-state index contributed by atoms with van der Waals surface area (Å²) in [6, 6.07) is 4.96. The Morgan fingerprint density at radius 2 is 2.04 bits per heavy atom. The van der Waals surface area contributed by atoms with Crippen LogP contribution < -0.4 is 14.8 Å². The van der Waals surface area contributed by atoms with Gasteiger partial charge in [-0.1, -0.05) is 6.07 Å². The van der Waals surface area contributed by atoms with Crippen LogP contribution in [0.2, 0.25) is 0 Å².